The third-order valence-electron chi connectivity index (χ3n) is 13.2. The van der Waals surface area contributed by atoms with Crippen LogP contribution in [0.25, 0.3) is 17.1 Å². The molecule has 0 aliphatic carbocycles. The Labute approximate surface area is 486 Å². The zero-order valence-corrected chi connectivity index (χ0v) is 47.2. The van der Waals surface area contributed by atoms with E-state index in [1.54, 1.807) is 42.8 Å². The first-order chi connectivity index (χ1) is 40.0. The van der Waals surface area contributed by atoms with Crippen LogP contribution in [-0.4, -0.2) is 92.6 Å². The van der Waals surface area contributed by atoms with E-state index in [-0.39, 0.29) is 46.5 Å². The molecule has 0 radical (unpaired) electrons. The largest absolute Gasteiger partial charge is 0.573 e. The molecule has 6 aromatic carbocycles. The van der Waals surface area contributed by atoms with E-state index in [0.717, 1.165) is 40.9 Å². The van der Waals surface area contributed by atoms with E-state index in [9.17, 15) is 35.1 Å². The van der Waals surface area contributed by atoms with Crippen LogP contribution >= 0.6 is 23.5 Å². The lowest BCUT2D eigenvalue weighted by molar-refractivity contribution is -0.275. The van der Waals surface area contributed by atoms with Crippen LogP contribution in [0.3, 0.4) is 0 Å². The number of anilines is 2. The predicted molar refractivity (Wildman–Crippen MR) is 316 cm³/mol. The van der Waals surface area contributed by atoms with Crippen LogP contribution < -0.4 is 29.7 Å². The molecular weight excluding hydrogens is 1140 g/mol. The van der Waals surface area contributed by atoms with E-state index in [1.165, 1.54) is 77.3 Å². The molecule has 9 rings (SSSR count). The van der Waals surface area contributed by atoms with Crippen molar-refractivity contribution in [2.24, 2.45) is 36.1 Å². The van der Waals surface area contributed by atoms with Crippen LogP contribution in [0, 0.1) is 0 Å². The Kier molecular flexibility index (Phi) is 18.5. The third kappa shape index (κ3) is 15.5. The van der Waals surface area contributed by atoms with Crippen LogP contribution in [0.4, 0.5) is 52.2 Å². The number of nitrogens with two attached hydrogens (primary N) is 1. The summed E-state index contributed by atoms with van der Waals surface area (Å²) in [5.41, 5.74) is 12.8. The first-order valence-corrected chi connectivity index (χ1v) is 28.0. The molecule has 2 aliphatic heterocycles. The molecule has 25 heteroatoms. The number of para-hydroxylation sites is 1. The van der Waals surface area contributed by atoms with Crippen molar-refractivity contribution in [3.63, 3.8) is 0 Å². The molecule has 2 saturated heterocycles. The maximum Gasteiger partial charge on any atom is 0.573 e. The summed E-state index contributed by atoms with van der Waals surface area (Å²) in [5, 5.41) is 24.1. The molecule has 15 nitrogen and oxygen atoms in total. The topological polar surface area (TPSA) is 165 Å². The van der Waals surface area contributed by atoms with E-state index in [1.807, 2.05) is 60.4 Å². The van der Waals surface area contributed by atoms with Crippen LogP contribution in [0.1, 0.15) is 74.8 Å². The second kappa shape index (κ2) is 25.9. The summed E-state index contributed by atoms with van der Waals surface area (Å²) < 4.78 is 119. The van der Waals surface area contributed by atoms with Crippen LogP contribution in [0.2, 0.25) is 0 Å². The van der Waals surface area contributed by atoms with Gasteiger partial charge in [0, 0.05) is 46.3 Å². The lowest BCUT2D eigenvalue weighted by Gasteiger charge is -2.43. The van der Waals surface area contributed by atoms with Gasteiger partial charge in [-0.2, -0.15) is 19.0 Å². The quantitative estimate of drug-likeness (QED) is 0.0426. The molecular formula is C59H54F8N12O3S2. The van der Waals surface area contributed by atoms with Crippen LogP contribution in [-0.2, 0) is 5.41 Å². The average Bonchev–Trinajstić information content (AvgIpc) is 3.32. The van der Waals surface area contributed by atoms with Gasteiger partial charge in [-0.1, -0.05) is 117 Å². The minimum absolute atomic E-state index is 0.0122. The Hall–Kier alpha value is -8.58. The molecule has 0 amide bonds. The second-order valence-corrected chi connectivity index (χ2v) is 22.2. The van der Waals surface area contributed by atoms with Gasteiger partial charge >= 0.3 is 19.3 Å². The molecule has 0 saturated carbocycles. The first kappa shape index (κ1) is 60.0. The Morgan fingerprint density at radius 2 is 1.32 bits per heavy atom. The summed E-state index contributed by atoms with van der Waals surface area (Å²) in [5.74, 6) is 0.921. The molecule has 7 aromatic rings. The summed E-state index contributed by atoms with van der Waals surface area (Å²) in [6.07, 6.45) is -3.04. The fourth-order valence-electron chi connectivity index (χ4n) is 9.13. The zero-order chi connectivity index (χ0) is 59.8. The second-order valence-electron chi connectivity index (χ2n) is 20.1. The van der Waals surface area contributed by atoms with Crippen molar-refractivity contribution in [3.05, 3.63) is 174 Å². The number of ether oxygens (including phenoxy) is 3. The van der Waals surface area contributed by atoms with Gasteiger partial charge in [0.2, 0.25) is 0 Å². The summed E-state index contributed by atoms with van der Waals surface area (Å²) in [7, 11) is 0. The van der Waals surface area contributed by atoms with Crippen molar-refractivity contribution in [1.29, 1.82) is 0 Å². The number of halogens is 8. The van der Waals surface area contributed by atoms with Gasteiger partial charge in [-0.25, -0.2) is 19.7 Å². The van der Waals surface area contributed by atoms with Crippen molar-refractivity contribution in [2.75, 3.05) is 21.3 Å². The molecule has 0 spiro atoms. The van der Waals surface area contributed by atoms with Crippen molar-refractivity contribution in [3.8, 4) is 34.3 Å². The third-order valence-corrected chi connectivity index (χ3v) is 15.3. The van der Waals surface area contributed by atoms with E-state index >= 15 is 0 Å². The van der Waals surface area contributed by atoms with Gasteiger partial charge in [0.1, 0.15) is 35.8 Å². The van der Waals surface area contributed by atoms with Gasteiger partial charge in [-0.15, -0.1) is 41.6 Å². The highest BCUT2D eigenvalue weighted by molar-refractivity contribution is 8.14. The number of aromatic nitrogens is 3. The fourth-order valence-corrected chi connectivity index (χ4v) is 11.6. The van der Waals surface area contributed by atoms with Gasteiger partial charge < -0.3 is 29.7 Å². The number of amidine groups is 3. The minimum Gasteiger partial charge on any atom is -0.433 e. The molecule has 2 fully saturated rings. The monoisotopic (exact) mass is 1190 g/mol. The molecule has 436 valence electrons. The summed E-state index contributed by atoms with van der Waals surface area (Å²) in [4.78, 5) is 16.7. The number of hydrogen-bond acceptors (Lipinski definition) is 12. The number of aliphatic imine (C=N–C) groups is 2. The highest BCUT2D eigenvalue weighted by Crippen LogP contribution is 2.45. The molecule has 2 N–H and O–H groups in total. The van der Waals surface area contributed by atoms with Gasteiger partial charge in [0.15, 0.2) is 16.2 Å². The van der Waals surface area contributed by atoms with Crippen LogP contribution in [0.15, 0.2) is 176 Å². The van der Waals surface area contributed by atoms with Crippen molar-refractivity contribution in [2.45, 2.75) is 83.8 Å². The highest BCUT2D eigenvalue weighted by Gasteiger charge is 2.38. The standard InChI is InChI=1S/C59H54F8N12O3S2/c1-36-28-29-83-55(74-72-31-38-10-14-40(15-11-38)52(68)70-34-69-43-19-23-45(24-20-43)81-58(62,63)64)78(36)50-30-42(18-27-51(50)80-54(60)61)47-33-84-56(79(37(47)2)49-9-7-6-8-48(49)57(3,4)5)75-73-32-39-12-16-41(17-13-39)53-71-35-77(76-53)44-21-25-46(26-22-44)82-59(65,66)67/h6-27,30-32,34-37,47,54H,28-29,33H2,1-5H3,(H2,68,69,70)/b72-31+,73-32+,74-55-,75-56-. The predicted octanol–water partition coefficient (Wildman–Crippen LogP) is 14.5. The lowest BCUT2D eigenvalue weighted by Crippen LogP contribution is -2.47. The molecule has 84 heavy (non-hydrogen) atoms. The van der Waals surface area contributed by atoms with Gasteiger partial charge in [-0.3, -0.25) is 0 Å². The Bertz CT molecular complexity index is 3590. The van der Waals surface area contributed by atoms with Crippen molar-refractivity contribution < 1.29 is 49.3 Å². The fraction of sp³-hybridized carbons (Fsp3) is 0.254. The molecule has 3 heterocycles. The van der Waals surface area contributed by atoms with Gasteiger partial charge in [0.25, 0.3) is 0 Å². The lowest BCUT2D eigenvalue weighted by atomic mass is 9.84. The van der Waals surface area contributed by atoms with E-state index in [2.05, 4.69) is 89.6 Å². The minimum atomic E-state index is -4.81. The normalized spacial score (nSPS) is 18.5. The summed E-state index contributed by atoms with van der Waals surface area (Å²) >= 11 is 2.97. The van der Waals surface area contributed by atoms with Gasteiger partial charge in [-0.05, 0) is 115 Å². The van der Waals surface area contributed by atoms with Crippen molar-refractivity contribution in [1.82, 2.24) is 14.8 Å². The molecule has 1 aromatic heterocycles. The number of thioether (sulfide) groups is 2. The number of nitrogens with zero attached hydrogens (tertiary/aromatic N) is 11. The molecule has 2 aliphatic rings. The number of alkyl halides is 8. The van der Waals surface area contributed by atoms with E-state index in [0.29, 0.717) is 61.4 Å². The van der Waals surface area contributed by atoms with Gasteiger partial charge in [0.05, 0.1) is 29.5 Å². The highest BCUT2D eigenvalue weighted by atomic mass is 32.2. The van der Waals surface area contributed by atoms with Crippen molar-refractivity contribution >= 4 is 75.5 Å². The zero-order valence-electron chi connectivity index (χ0n) is 45.6. The smallest absolute Gasteiger partial charge is 0.433 e. The summed E-state index contributed by atoms with van der Waals surface area (Å²) in [6.45, 7) is 7.46. The summed E-state index contributed by atoms with van der Waals surface area (Å²) in [6, 6.07) is 37.7. The maximum absolute atomic E-state index is 14.2. The number of benzene rings is 6. The molecule has 3 atom stereocenters. The first-order valence-electron chi connectivity index (χ1n) is 26.0. The number of hydrogen-bond donors (Lipinski definition) is 1. The maximum atomic E-state index is 14.2. The Morgan fingerprint density at radius 1 is 0.714 bits per heavy atom. The number of rotatable bonds is 16. The SMILES string of the molecule is CC1CCS/C(=N\N=C\c2ccc(C(N)=NC=Nc3ccc(OC(F)(F)F)cc3)cc2)N1c1cc(C2CS/C(=N\N=C\c3ccc(-c4ncn(-c5ccc(OC(F)(F)F)cc5)n4)cc3)N(c3ccccc3C(C)(C)C)C2C)ccc1OC(F)F. The van der Waals surface area contributed by atoms with Crippen LogP contribution in [0.5, 0.6) is 17.2 Å². The Morgan fingerprint density at radius 3 is 1.94 bits per heavy atom. The molecule has 3 unspecified atom stereocenters. The average molecular weight is 1200 g/mol. The van der Waals surface area contributed by atoms with E-state index < -0.39 is 19.3 Å². The molecule has 0 bridgehead atoms. The Balaban J connectivity index is 0.932. The van der Waals surface area contributed by atoms with E-state index in [4.69, 9.17) is 15.6 Å².